The fraction of sp³-hybridized carbons (Fsp3) is 0.500. The van der Waals surface area contributed by atoms with Crippen LogP contribution in [0.2, 0.25) is 0 Å². The van der Waals surface area contributed by atoms with Crippen LogP contribution in [0.3, 0.4) is 0 Å². The number of nitrogens with zero attached hydrogens (tertiary/aromatic N) is 1. The molecule has 1 amide bonds. The highest BCUT2D eigenvalue weighted by Gasteiger charge is 2.27. The minimum Gasteiger partial charge on any atom is -0.481 e. The summed E-state index contributed by atoms with van der Waals surface area (Å²) in [4.78, 5) is 24.6. The third-order valence-electron chi connectivity index (χ3n) is 2.91. The summed E-state index contributed by atoms with van der Waals surface area (Å²) in [7, 11) is 0. The van der Waals surface area contributed by atoms with Crippen molar-refractivity contribution in [1.29, 1.82) is 0 Å². The lowest BCUT2D eigenvalue weighted by atomic mass is 10.1. The number of hydrogen-bond acceptors (Lipinski definition) is 4. The standard InChI is InChI=1S/C12H15NO4S/c1-8-6-18-7-10(8)12(16)13-2-3-17-9(5-13)4-11(14)15/h6-7,9H,2-5H2,1H3,(H,14,15)/t9-/m1/s1. The Morgan fingerprint density at radius 1 is 1.56 bits per heavy atom. The van der Waals surface area contributed by atoms with Crippen molar-refractivity contribution in [2.75, 3.05) is 19.7 Å². The summed E-state index contributed by atoms with van der Waals surface area (Å²) in [6.45, 7) is 3.16. The van der Waals surface area contributed by atoms with Crippen LogP contribution in [0.1, 0.15) is 22.3 Å². The Labute approximate surface area is 109 Å². The summed E-state index contributed by atoms with van der Waals surface area (Å²) in [5.74, 6) is -0.937. The van der Waals surface area contributed by atoms with E-state index in [-0.39, 0.29) is 12.3 Å². The summed E-state index contributed by atoms with van der Waals surface area (Å²) >= 11 is 1.50. The first-order valence-corrected chi connectivity index (χ1v) is 6.67. The van der Waals surface area contributed by atoms with E-state index in [9.17, 15) is 9.59 Å². The second kappa shape index (κ2) is 5.49. The molecule has 5 nitrogen and oxygen atoms in total. The van der Waals surface area contributed by atoms with E-state index in [1.807, 2.05) is 17.7 Å². The Kier molecular flexibility index (Phi) is 3.98. The molecule has 6 heteroatoms. The van der Waals surface area contributed by atoms with Crippen molar-refractivity contribution in [2.24, 2.45) is 0 Å². The van der Waals surface area contributed by atoms with Gasteiger partial charge in [-0.15, -0.1) is 0 Å². The molecule has 0 radical (unpaired) electrons. The predicted molar refractivity (Wildman–Crippen MR) is 67.0 cm³/mol. The zero-order chi connectivity index (χ0) is 13.1. The topological polar surface area (TPSA) is 66.8 Å². The average Bonchev–Trinajstić information content (AvgIpc) is 2.74. The smallest absolute Gasteiger partial charge is 0.306 e. The number of carbonyl (C=O) groups excluding carboxylic acids is 1. The number of carboxylic acid groups (broad SMARTS) is 1. The fourth-order valence-electron chi connectivity index (χ4n) is 1.97. The van der Waals surface area contributed by atoms with E-state index in [0.717, 1.165) is 5.56 Å². The van der Waals surface area contributed by atoms with Gasteiger partial charge in [0.1, 0.15) is 0 Å². The Morgan fingerprint density at radius 3 is 2.94 bits per heavy atom. The van der Waals surface area contributed by atoms with Crippen molar-refractivity contribution in [3.8, 4) is 0 Å². The minimum absolute atomic E-state index is 0.0348. The van der Waals surface area contributed by atoms with Crippen molar-refractivity contribution in [3.05, 3.63) is 21.9 Å². The summed E-state index contributed by atoms with van der Waals surface area (Å²) in [5.41, 5.74) is 1.67. The molecule has 1 atom stereocenters. The van der Waals surface area contributed by atoms with Crippen LogP contribution in [-0.2, 0) is 9.53 Å². The average molecular weight is 269 g/mol. The normalized spacial score (nSPS) is 19.8. The number of hydrogen-bond donors (Lipinski definition) is 1. The van der Waals surface area contributed by atoms with Gasteiger partial charge < -0.3 is 14.7 Å². The number of aryl methyl sites for hydroxylation is 1. The molecule has 0 aromatic carbocycles. The van der Waals surface area contributed by atoms with Crippen LogP contribution in [0.5, 0.6) is 0 Å². The molecular formula is C12H15NO4S. The number of ether oxygens (including phenoxy) is 1. The van der Waals surface area contributed by atoms with E-state index in [1.54, 1.807) is 4.90 Å². The lowest BCUT2D eigenvalue weighted by Crippen LogP contribution is -2.46. The van der Waals surface area contributed by atoms with Crippen molar-refractivity contribution < 1.29 is 19.4 Å². The molecule has 1 aliphatic rings. The monoisotopic (exact) mass is 269 g/mol. The zero-order valence-corrected chi connectivity index (χ0v) is 10.9. The van der Waals surface area contributed by atoms with Crippen molar-refractivity contribution >= 4 is 23.2 Å². The van der Waals surface area contributed by atoms with Gasteiger partial charge in [-0.2, -0.15) is 11.3 Å². The van der Waals surface area contributed by atoms with Crippen molar-refractivity contribution in [3.63, 3.8) is 0 Å². The molecule has 0 spiro atoms. The summed E-state index contributed by atoms with van der Waals surface area (Å²) < 4.78 is 5.34. The van der Waals surface area contributed by atoms with E-state index in [1.165, 1.54) is 11.3 Å². The number of carboxylic acids is 1. The van der Waals surface area contributed by atoms with Gasteiger partial charge in [-0.25, -0.2) is 0 Å². The quantitative estimate of drug-likeness (QED) is 0.900. The molecule has 1 fully saturated rings. The van der Waals surface area contributed by atoms with E-state index in [4.69, 9.17) is 9.84 Å². The largest absolute Gasteiger partial charge is 0.481 e. The Bertz CT molecular complexity index is 457. The van der Waals surface area contributed by atoms with Crippen molar-refractivity contribution in [2.45, 2.75) is 19.4 Å². The van der Waals surface area contributed by atoms with E-state index < -0.39 is 12.1 Å². The fourth-order valence-corrected chi connectivity index (χ4v) is 2.79. The van der Waals surface area contributed by atoms with Gasteiger partial charge in [0.15, 0.2) is 0 Å². The van der Waals surface area contributed by atoms with Crippen LogP contribution < -0.4 is 0 Å². The Hall–Kier alpha value is -1.40. The Balaban J connectivity index is 2.03. The lowest BCUT2D eigenvalue weighted by Gasteiger charge is -2.32. The second-order valence-electron chi connectivity index (χ2n) is 4.31. The van der Waals surface area contributed by atoms with Gasteiger partial charge in [-0.1, -0.05) is 0 Å². The van der Waals surface area contributed by atoms with E-state index >= 15 is 0 Å². The maximum absolute atomic E-state index is 12.2. The minimum atomic E-state index is -0.902. The molecule has 2 rings (SSSR count). The SMILES string of the molecule is Cc1cscc1C(=O)N1CCO[C@H](CC(=O)O)C1. The van der Waals surface area contributed by atoms with Crippen LogP contribution in [0.15, 0.2) is 10.8 Å². The molecule has 18 heavy (non-hydrogen) atoms. The number of thiophene rings is 1. The highest BCUT2D eigenvalue weighted by Crippen LogP contribution is 2.18. The predicted octanol–water partition coefficient (Wildman–Crippen LogP) is 1.37. The van der Waals surface area contributed by atoms with Gasteiger partial charge in [0, 0.05) is 18.5 Å². The van der Waals surface area contributed by atoms with Gasteiger partial charge >= 0.3 is 5.97 Å². The Morgan fingerprint density at radius 2 is 2.33 bits per heavy atom. The molecule has 1 aromatic heterocycles. The van der Waals surface area contributed by atoms with Crippen molar-refractivity contribution in [1.82, 2.24) is 4.90 Å². The molecule has 98 valence electrons. The molecule has 1 saturated heterocycles. The van der Waals surface area contributed by atoms with Crippen LogP contribution in [-0.4, -0.2) is 47.7 Å². The molecular weight excluding hydrogens is 254 g/mol. The third kappa shape index (κ3) is 2.88. The first kappa shape index (κ1) is 13.0. The maximum atomic E-state index is 12.2. The van der Waals surface area contributed by atoms with Gasteiger partial charge in [0.2, 0.25) is 0 Å². The number of rotatable bonds is 3. The van der Waals surface area contributed by atoms with Crippen LogP contribution >= 0.6 is 11.3 Å². The molecule has 2 heterocycles. The highest BCUT2D eigenvalue weighted by molar-refractivity contribution is 7.08. The molecule has 0 saturated carbocycles. The third-order valence-corrected chi connectivity index (χ3v) is 3.78. The lowest BCUT2D eigenvalue weighted by molar-refractivity contribution is -0.141. The first-order valence-electron chi connectivity index (χ1n) is 5.73. The van der Waals surface area contributed by atoms with Gasteiger partial charge in [0.05, 0.1) is 24.7 Å². The molecule has 1 aliphatic heterocycles. The van der Waals surface area contributed by atoms with Gasteiger partial charge in [-0.05, 0) is 17.9 Å². The van der Waals surface area contributed by atoms with Crippen LogP contribution in [0.4, 0.5) is 0 Å². The summed E-state index contributed by atoms with van der Waals surface area (Å²) in [5, 5.41) is 12.5. The highest BCUT2D eigenvalue weighted by atomic mass is 32.1. The zero-order valence-electron chi connectivity index (χ0n) is 10.1. The van der Waals surface area contributed by atoms with E-state index in [2.05, 4.69) is 0 Å². The number of amides is 1. The van der Waals surface area contributed by atoms with Gasteiger partial charge in [-0.3, -0.25) is 9.59 Å². The molecule has 0 unspecified atom stereocenters. The van der Waals surface area contributed by atoms with Crippen LogP contribution in [0, 0.1) is 6.92 Å². The molecule has 0 aliphatic carbocycles. The molecule has 1 N–H and O–H groups in total. The number of carbonyl (C=O) groups is 2. The van der Waals surface area contributed by atoms with Crippen LogP contribution in [0.25, 0.3) is 0 Å². The van der Waals surface area contributed by atoms with E-state index in [0.29, 0.717) is 25.3 Å². The summed E-state index contributed by atoms with van der Waals surface area (Å²) in [6.07, 6.45) is -0.467. The maximum Gasteiger partial charge on any atom is 0.306 e. The second-order valence-corrected chi connectivity index (χ2v) is 5.05. The number of aliphatic carboxylic acids is 1. The number of morpholine rings is 1. The molecule has 0 bridgehead atoms. The van der Waals surface area contributed by atoms with Gasteiger partial charge in [0.25, 0.3) is 5.91 Å². The molecule has 1 aromatic rings. The first-order chi connectivity index (χ1) is 8.58. The summed E-state index contributed by atoms with van der Waals surface area (Å²) in [6, 6.07) is 0.